The number of benzene rings is 3. The predicted octanol–water partition coefficient (Wildman–Crippen LogP) is 4.85. The van der Waals surface area contributed by atoms with Crippen molar-refractivity contribution in [2.75, 3.05) is 11.9 Å². The lowest BCUT2D eigenvalue weighted by molar-refractivity contribution is -0.118. The Bertz CT molecular complexity index is 974. The molecule has 2 N–H and O–H groups in total. The Labute approximate surface area is 166 Å². The van der Waals surface area contributed by atoms with E-state index >= 15 is 0 Å². The van der Waals surface area contributed by atoms with Crippen LogP contribution >= 0.6 is 11.6 Å². The average molecular weight is 398 g/mol. The van der Waals surface area contributed by atoms with Gasteiger partial charge in [0.2, 0.25) is 0 Å². The molecule has 0 aromatic heterocycles. The first-order valence-corrected chi connectivity index (χ1v) is 8.67. The molecule has 3 aromatic carbocycles. The highest BCUT2D eigenvalue weighted by molar-refractivity contribution is 6.31. The molecule has 6 nitrogen and oxygen atoms in total. The van der Waals surface area contributed by atoms with Gasteiger partial charge in [0, 0.05) is 10.7 Å². The quantitative estimate of drug-likeness (QED) is 0.595. The third-order valence-corrected chi connectivity index (χ3v) is 3.88. The number of nitrogens with one attached hydrogen (secondary N) is 1. The van der Waals surface area contributed by atoms with Crippen LogP contribution in [0.15, 0.2) is 72.8 Å². The number of rotatable bonds is 7. The van der Waals surface area contributed by atoms with Crippen LogP contribution in [0.4, 0.5) is 5.69 Å². The molecule has 0 aliphatic rings. The van der Waals surface area contributed by atoms with Gasteiger partial charge in [0.25, 0.3) is 5.91 Å². The summed E-state index contributed by atoms with van der Waals surface area (Å²) >= 11 is 5.79. The van der Waals surface area contributed by atoms with Gasteiger partial charge in [-0.1, -0.05) is 29.8 Å². The van der Waals surface area contributed by atoms with Gasteiger partial charge in [-0.25, -0.2) is 4.79 Å². The van der Waals surface area contributed by atoms with E-state index in [4.69, 9.17) is 21.1 Å². The van der Waals surface area contributed by atoms with E-state index in [9.17, 15) is 14.7 Å². The number of carboxylic acid groups (broad SMARTS) is 1. The molecule has 0 unspecified atom stereocenters. The van der Waals surface area contributed by atoms with Crippen molar-refractivity contribution >= 4 is 29.2 Å². The number of anilines is 1. The summed E-state index contributed by atoms with van der Waals surface area (Å²) in [5.41, 5.74) is 0.450. The van der Waals surface area contributed by atoms with Gasteiger partial charge in [0.05, 0.1) is 0 Å². The van der Waals surface area contributed by atoms with Crippen LogP contribution in [0.3, 0.4) is 0 Å². The van der Waals surface area contributed by atoms with E-state index in [0.717, 1.165) is 0 Å². The zero-order chi connectivity index (χ0) is 19.9. The summed E-state index contributed by atoms with van der Waals surface area (Å²) in [6.07, 6.45) is 0. The molecule has 142 valence electrons. The molecule has 0 aliphatic carbocycles. The lowest BCUT2D eigenvalue weighted by Gasteiger charge is -2.10. The first kappa shape index (κ1) is 19.3. The van der Waals surface area contributed by atoms with Crippen LogP contribution in [-0.4, -0.2) is 23.6 Å². The minimum absolute atomic E-state index is 0.0682. The van der Waals surface area contributed by atoms with Gasteiger partial charge >= 0.3 is 5.97 Å². The minimum Gasteiger partial charge on any atom is -0.483 e. The molecule has 7 heteroatoms. The van der Waals surface area contributed by atoms with Crippen molar-refractivity contribution in [1.29, 1.82) is 0 Å². The van der Waals surface area contributed by atoms with Crippen molar-refractivity contribution in [2.24, 2.45) is 0 Å². The molecule has 0 atom stereocenters. The maximum Gasteiger partial charge on any atom is 0.339 e. The lowest BCUT2D eigenvalue weighted by atomic mass is 10.2. The summed E-state index contributed by atoms with van der Waals surface area (Å²) in [6, 6.07) is 20.4. The third-order valence-electron chi connectivity index (χ3n) is 3.65. The molecule has 3 aromatic rings. The topological polar surface area (TPSA) is 84.9 Å². The van der Waals surface area contributed by atoms with E-state index in [1.54, 1.807) is 24.3 Å². The molecule has 0 saturated carbocycles. The van der Waals surface area contributed by atoms with Gasteiger partial charge in [-0.3, -0.25) is 4.79 Å². The SMILES string of the molecule is O=C(COc1ccc(Cl)cc1C(=O)O)Nc1ccc(Oc2ccccc2)cc1. The first-order chi connectivity index (χ1) is 13.5. The summed E-state index contributed by atoms with van der Waals surface area (Å²) in [5.74, 6) is -0.203. The Morgan fingerprint density at radius 3 is 2.29 bits per heavy atom. The summed E-state index contributed by atoms with van der Waals surface area (Å²) in [4.78, 5) is 23.3. The van der Waals surface area contributed by atoms with E-state index in [-0.39, 0.29) is 22.9 Å². The van der Waals surface area contributed by atoms with Crippen LogP contribution in [0.2, 0.25) is 5.02 Å². The van der Waals surface area contributed by atoms with Gasteiger partial charge in [0.15, 0.2) is 6.61 Å². The normalized spacial score (nSPS) is 10.2. The molecule has 3 rings (SSSR count). The van der Waals surface area contributed by atoms with Gasteiger partial charge in [-0.05, 0) is 54.6 Å². The highest BCUT2D eigenvalue weighted by atomic mass is 35.5. The van der Waals surface area contributed by atoms with Crippen LogP contribution in [0.25, 0.3) is 0 Å². The number of carbonyl (C=O) groups is 2. The number of aromatic carboxylic acids is 1. The van der Waals surface area contributed by atoms with Crippen molar-refractivity contribution in [3.05, 3.63) is 83.4 Å². The van der Waals surface area contributed by atoms with Gasteiger partial charge in [0.1, 0.15) is 22.8 Å². The van der Waals surface area contributed by atoms with E-state index < -0.39 is 11.9 Å². The average Bonchev–Trinajstić information content (AvgIpc) is 2.69. The van der Waals surface area contributed by atoms with E-state index in [0.29, 0.717) is 17.2 Å². The maximum absolute atomic E-state index is 12.1. The van der Waals surface area contributed by atoms with Crippen molar-refractivity contribution in [2.45, 2.75) is 0 Å². The minimum atomic E-state index is -1.19. The second kappa shape index (κ2) is 8.92. The Morgan fingerprint density at radius 2 is 1.61 bits per heavy atom. The number of carboxylic acids is 1. The Kier molecular flexibility index (Phi) is 6.14. The standard InChI is InChI=1S/C21H16ClNO5/c22-14-6-11-19(18(12-14)21(25)26)27-13-20(24)23-15-7-9-17(10-8-15)28-16-4-2-1-3-5-16/h1-12H,13H2,(H,23,24)(H,25,26). The second-order valence-corrected chi connectivity index (χ2v) is 6.16. The Hall–Kier alpha value is -3.51. The van der Waals surface area contributed by atoms with Crippen LogP contribution < -0.4 is 14.8 Å². The number of hydrogen-bond donors (Lipinski definition) is 2. The van der Waals surface area contributed by atoms with Crippen molar-refractivity contribution < 1.29 is 24.2 Å². The fourth-order valence-electron chi connectivity index (χ4n) is 2.37. The predicted molar refractivity (Wildman–Crippen MR) is 105 cm³/mol. The number of halogens is 1. The van der Waals surface area contributed by atoms with E-state index in [1.165, 1.54) is 18.2 Å². The number of hydrogen-bond acceptors (Lipinski definition) is 4. The van der Waals surface area contributed by atoms with Gasteiger partial charge in [-0.2, -0.15) is 0 Å². The summed E-state index contributed by atoms with van der Waals surface area (Å²) < 4.78 is 11.0. The largest absolute Gasteiger partial charge is 0.483 e. The number of ether oxygens (including phenoxy) is 2. The molecule has 0 bridgehead atoms. The summed E-state index contributed by atoms with van der Waals surface area (Å²) in [7, 11) is 0. The molecule has 0 fully saturated rings. The number of para-hydroxylation sites is 1. The van der Waals surface area contributed by atoms with Crippen LogP contribution in [0.1, 0.15) is 10.4 Å². The molecule has 28 heavy (non-hydrogen) atoms. The molecule has 0 aliphatic heterocycles. The lowest BCUT2D eigenvalue weighted by Crippen LogP contribution is -2.20. The molecule has 0 saturated heterocycles. The molecular weight excluding hydrogens is 382 g/mol. The molecule has 0 heterocycles. The first-order valence-electron chi connectivity index (χ1n) is 8.30. The van der Waals surface area contributed by atoms with Crippen molar-refractivity contribution in [3.8, 4) is 17.2 Å². The van der Waals surface area contributed by atoms with Crippen LogP contribution in [0.5, 0.6) is 17.2 Å². The number of carbonyl (C=O) groups excluding carboxylic acids is 1. The van der Waals surface area contributed by atoms with E-state index in [2.05, 4.69) is 5.32 Å². The van der Waals surface area contributed by atoms with Gasteiger partial charge < -0.3 is 19.9 Å². The Balaban J connectivity index is 1.56. The maximum atomic E-state index is 12.1. The molecule has 1 amide bonds. The molecule has 0 spiro atoms. The van der Waals surface area contributed by atoms with E-state index in [1.807, 2.05) is 30.3 Å². The number of amides is 1. The third kappa shape index (κ3) is 5.25. The zero-order valence-corrected chi connectivity index (χ0v) is 15.3. The highest BCUT2D eigenvalue weighted by Gasteiger charge is 2.13. The highest BCUT2D eigenvalue weighted by Crippen LogP contribution is 2.24. The van der Waals surface area contributed by atoms with Crippen molar-refractivity contribution in [1.82, 2.24) is 0 Å². The monoisotopic (exact) mass is 397 g/mol. The van der Waals surface area contributed by atoms with Gasteiger partial charge in [-0.15, -0.1) is 0 Å². The molecular formula is C21H16ClNO5. The van der Waals surface area contributed by atoms with Crippen molar-refractivity contribution in [3.63, 3.8) is 0 Å². The van der Waals surface area contributed by atoms with Crippen LogP contribution in [-0.2, 0) is 4.79 Å². The second-order valence-electron chi connectivity index (χ2n) is 5.72. The molecule has 0 radical (unpaired) electrons. The zero-order valence-electron chi connectivity index (χ0n) is 14.6. The fraction of sp³-hybridized carbons (Fsp3) is 0.0476. The summed E-state index contributed by atoms with van der Waals surface area (Å²) in [5, 5.41) is 12.1. The smallest absolute Gasteiger partial charge is 0.339 e. The Morgan fingerprint density at radius 1 is 0.929 bits per heavy atom. The summed E-state index contributed by atoms with van der Waals surface area (Å²) in [6.45, 7) is -0.343. The van der Waals surface area contributed by atoms with Crippen LogP contribution in [0, 0.1) is 0 Å². The fourth-order valence-corrected chi connectivity index (χ4v) is 2.54.